The van der Waals surface area contributed by atoms with Crippen LogP contribution in [0.4, 0.5) is 4.39 Å². The Balaban J connectivity index is 2.08. The van der Waals surface area contributed by atoms with E-state index in [1.807, 2.05) is 12.1 Å². The molecule has 0 aromatic heterocycles. The molecule has 2 nitrogen and oxygen atoms in total. The van der Waals surface area contributed by atoms with Crippen LogP contribution >= 0.6 is 0 Å². The Hall–Kier alpha value is -1.19. The van der Waals surface area contributed by atoms with Crippen LogP contribution in [-0.2, 0) is 6.42 Å². The van der Waals surface area contributed by atoms with Crippen LogP contribution in [0, 0.1) is 5.82 Å². The molecule has 0 saturated heterocycles. The van der Waals surface area contributed by atoms with Crippen molar-refractivity contribution in [2.24, 2.45) is 5.84 Å². The topological polar surface area (TPSA) is 38.0 Å². The molecule has 0 radical (unpaired) electrons. The van der Waals surface area contributed by atoms with Crippen molar-refractivity contribution in [3.05, 3.63) is 47.3 Å². The maximum absolute atomic E-state index is 13.7. The van der Waals surface area contributed by atoms with E-state index in [1.165, 1.54) is 37.3 Å². The van der Waals surface area contributed by atoms with Crippen LogP contribution in [-0.4, -0.2) is 6.04 Å². The highest BCUT2D eigenvalue weighted by Gasteiger charge is 2.16. The molecule has 0 saturated carbocycles. The molecule has 1 atom stereocenters. The summed E-state index contributed by atoms with van der Waals surface area (Å²) >= 11 is 0. The van der Waals surface area contributed by atoms with Gasteiger partial charge in [-0.05, 0) is 43.7 Å². The summed E-state index contributed by atoms with van der Waals surface area (Å²) < 4.78 is 13.7. The normalized spacial score (nSPS) is 21.1. The first-order valence-corrected chi connectivity index (χ1v) is 7.19. The third-order valence-corrected chi connectivity index (χ3v) is 3.86. The predicted molar refractivity (Wildman–Crippen MR) is 77.0 cm³/mol. The zero-order chi connectivity index (χ0) is 13.5. The minimum absolute atomic E-state index is 0.0509. The molecule has 1 unspecified atom stereocenters. The molecule has 0 spiro atoms. The maximum Gasteiger partial charge on any atom is 0.126 e. The number of allylic oxidation sites excluding steroid dienone is 1. The third kappa shape index (κ3) is 4.15. The molecule has 0 bridgehead atoms. The van der Waals surface area contributed by atoms with Crippen LogP contribution in [0.25, 0.3) is 0 Å². The minimum Gasteiger partial charge on any atom is -0.271 e. The molecule has 3 N–H and O–H groups in total. The first-order chi connectivity index (χ1) is 9.31. The summed E-state index contributed by atoms with van der Waals surface area (Å²) in [5.74, 6) is 5.53. The Bertz CT molecular complexity index is 429. The molecular weight excluding hydrogens is 239 g/mol. The largest absolute Gasteiger partial charge is 0.271 e. The average Bonchev–Trinajstić information content (AvgIpc) is 2.38. The molecule has 2 rings (SSSR count). The monoisotopic (exact) mass is 262 g/mol. The van der Waals surface area contributed by atoms with Crippen molar-refractivity contribution in [1.82, 2.24) is 5.43 Å². The van der Waals surface area contributed by atoms with E-state index in [0.717, 1.165) is 18.4 Å². The molecule has 0 amide bonds. The lowest BCUT2D eigenvalue weighted by atomic mass is 9.91. The molecule has 19 heavy (non-hydrogen) atoms. The Kier molecular flexibility index (Phi) is 5.55. The second-order valence-corrected chi connectivity index (χ2v) is 5.25. The van der Waals surface area contributed by atoms with Crippen LogP contribution in [0.15, 0.2) is 35.9 Å². The zero-order valence-corrected chi connectivity index (χ0v) is 11.4. The number of hydrogen-bond acceptors (Lipinski definition) is 2. The van der Waals surface area contributed by atoms with Crippen LogP contribution in [0.1, 0.15) is 44.1 Å². The van der Waals surface area contributed by atoms with Gasteiger partial charge in [0, 0.05) is 6.04 Å². The maximum atomic E-state index is 13.7. The highest BCUT2D eigenvalue weighted by atomic mass is 19.1. The molecule has 0 aliphatic heterocycles. The lowest BCUT2D eigenvalue weighted by Crippen LogP contribution is -2.38. The summed E-state index contributed by atoms with van der Waals surface area (Å²) in [7, 11) is 0. The van der Waals surface area contributed by atoms with Crippen molar-refractivity contribution in [3.63, 3.8) is 0 Å². The second-order valence-electron chi connectivity index (χ2n) is 5.25. The van der Waals surface area contributed by atoms with E-state index in [4.69, 9.17) is 5.84 Å². The molecule has 1 aromatic rings. The number of benzene rings is 1. The van der Waals surface area contributed by atoms with Gasteiger partial charge in [0.05, 0.1) is 0 Å². The first-order valence-electron chi connectivity index (χ1n) is 7.19. The molecule has 0 heterocycles. The van der Waals surface area contributed by atoms with Gasteiger partial charge in [-0.25, -0.2) is 4.39 Å². The van der Waals surface area contributed by atoms with Crippen molar-refractivity contribution in [2.75, 3.05) is 0 Å². The van der Waals surface area contributed by atoms with Gasteiger partial charge in [0.1, 0.15) is 5.82 Å². The zero-order valence-electron chi connectivity index (χ0n) is 11.4. The van der Waals surface area contributed by atoms with E-state index in [1.54, 1.807) is 6.07 Å². The Morgan fingerprint density at radius 2 is 1.95 bits per heavy atom. The Labute approximate surface area is 114 Å². The number of rotatable bonds is 4. The van der Waals surface area contributed by atoms with Crippen LogP contribution in [0.5, 0.6) is 0 Å². The Morgan fingerprint density at radius 3 is 2.74 bits per heavy atom. The standard InChI is InChI=1S/C16H23FN2/c17-15-11-7-6-10-14(15)12-16(19-18)13-8-4-2-1-3-5-9-13/h6-8,10-11,16,19H,1-5,9,12,18H2/b13-8+. The van der Waals surface area contributed by atoms with Gasteiger partial charge in [-0.15, -0.1) is 0 Å². The molecule has 1 aliphatic carbocycles. The lowest BCUT2D eigenvalue weighted by molar-refractivity contribution is 0.523. The summed E-state index contributed by atoms with van der Waals surface area (Å²) in [4.78, 5) is 0. The molecule has 3 heteroatoms. The molecule has 1 aromatic carbocycles. The SMILES string of the molecule is NNC(Cc1ccccc1F)/C1=C/CCCCCC1. The number of hydrazine groups is 1. The van der Waals surface area contributed by atoms with Crippen LogP contribution in [0.3, 0.4) is 0 Å². The van der Waals surface area contributed by atoms with Gasteiger partial charge < -0.3 is 0 Å². The summed E-state index contributed by atoms with van der Waals surface area (Å²) in [6.07, 6.45) is 10.2. The highest BCUT2D eigenvalue weighted by Crippen LogP contribution is 2.22. The Morgan fingerprint density at radius 1 is 1.16 bits per heavy atom. The predicted octanol–water partition coefficient (Wildman–Crippen LogP) is 3.48. The van der Waals surface area contributed by atoms with Crippen molar-refractivity contribution in [3.8, 4) is 0 Å². The summed E-state index contributed by atoms with van der Waals surface area (Å²) in [6.45, 7) is 0. The average molecular weight is 262 g/mol. The van der Waals surface area contributed by atoms with Crippen LogP contribution in [0.2, 0.25) is 0 Å². The third-order valence-electron chi connectivity index (χ3n) is 3.86. The van der Waals surface area contributed by atoms with E-state index in [-0.39, 0.29) is 11.9 Å². The fourth-order valence-electron chi connectivity index (χ4n) is 2.71. The summed E-state index contributed by atoms with van der Waals surface area (Å²) in [5.41, 5.74) is 4.93. The summed E-state index contributed by atoms with van der Waals surface area (Å²) in [6, 6.07) is 6.99. The second kappa shape index (κ2) is 7.41. The van der Waals surface area contributed by atoms with Gasteiger partial charge in [-0.1, -0.05) is 42.7 Å². The van der Waals surface area contributed by atoms with Gasteiger partial charge in [0.25, 0.3) is 0 Å². The van der Waals surface area contributed by atoms with E-state index < -0.39 is 0 Å². The molecular formula is C16H23FN2. The van der Waals surface area contributed by atoms with Gasteiger partial charge in [0.2, 0.25) is 0 Å². The fraction of sp³-hybridized carbons (Fsp3) is 0.500. The van der Waals surface area contributed by atoms with Gasteiger partial charge in [0.15, 0.2) is 0 Å². The molecule has 0 fully saturated rings. The minimum atomic E-state index is -0.144. The number of hydrogen-bond donors (Lipinski definition) is 2. The van der Waals surface area contributed by atoms with E-state index in [9.17, 15) is 4.39 Å². The first kappa shape index (κ1) is 14.2. The van der Waals surface area contributed by atoms with E-state index >= 15 is 0 Å². The van der Waals surface area contributed by atoms with Crippen molar-refractivity contribution < 1.29 is 4.39 Å². The van der Waals surface area contributed by atoms with E-state index in [2.05, 4.69) is 11.5 Å². The quantitative estimate of drug-likeness (QED) is 0.495. The van der Waals surface area contributed by atoms with E-state index in [0.29, 0.717) is 6.42 Å². The smallest absolute Gasteiger partial charge is 0.126 e. The molecule has 1 aliphatic rings. The van der Waals surface area contributed by atoms with Gasteiger partial charge in [-0.3, -0.25) is 11.3 Å². The van der Waals surface area contributed by atoms with Crippen molar-refractivity contribution in [2.45, 2.75) is 51.0 Å². The van der Waals surface area contributed by atoms with Crippen LogP contribution < -0.4 is 11.3 Å². The fourth-order valence-corrected chi connectivity index (χ4v) is 2.71. The molecule has 104 valence electrons. The van der Waals surface area contributed by atoms with Crippen molar-refractivity contribution in [1.29, 1.82) is 0 Å². The van der Waals surface area contributed by atoms with Crippen molar-refractivity contribution >= 4 is 0 Å². The summed E-state index contributed by atoms with van der Waals surface area (Å²) in [5, 5.41) is 0. The number of halogens is 1. The number of nitrogens with two attached hydrogens (primary N) is 1. The van der Waals surface area contributed by atoms with Gasteiger partial charge in [-0.2, -0.15) is 0 Å². The lowest BCUT2D eigenvalue weighted by Gasteiger charge is -2.22. The van der Waals surface area contributed by atoms with Gasteiger partial charge >= 0.3 is 0 Å². The highest BCUT2D eigenvalue weighted by molar-refractivity contribution is 5.22. The number of nitrogens with one attached hydrogen (secondary N) is 1.